The Morgan fingerprint density at radius 1 is 0.714 bits per heavy atom. The molecular formula is C17H8F10O. The van der Waals surface area contributed by atoms with Crippen LogP contribution in [0, 0.1) is 5.82 Å². The molecule has 1 nitrogen and oxygen atoms in total. The average Bonchev–Trinajstić information content (AvgIpc) is 2.60. The van der Waals surface area contributed by atoms with Crippen molar-refractivity contribution in [3.05, 3.63) is 59.9 Å². The standard InChI is InChI=1S/C17H8F10O/c18-12-8-10(6-7-11(12)9-4-2-1-3-5-9)13(28)14(19,20)15(21,22)16(23,24)17(25,26)27/h1-8H. The molecule has 2 rings (SSSR count). The Hall–Kier alpha value is -2.59. The zero-order chi connectivity index (χ0) is 21.5. The summed E-state index contributed by atoms with van der Waals surface area (Å²) in [5, 5.41) is 0. The van der Waals surface area contributed by atoms with E-state index in [4.69, 9.17) is 0 Å². The molecule has 0 radical (unpaired) electrons. The number of benzene rings is 2. The van der Waals surface area contributed by atoms with Crippen molar-refractivity contribution in [2.75, 3.05) is 0 Å². The van der Waals surface area contributed by atoms with Crippen LogP contribution in [0.4, 0.5) is 43.9 Å². The minimum Gasteiger partial charge on any atom is -0.287 e. The van der Waals surface area contributed by atoms with Gasteiger partial charge in [0, 0.05) is 11.1 Å². The molecule has 0 unspecified atom stereocenters. The molecule has 0 fully saturated rings. The lowest BCUT2D eigenvalue weighted by Gasteiger charge is -2.32. The first-order valence-corrected chi connectivity index (χ1v) is 7.24. The van der Waals surface area contributed by atoms with E-state index in [9.17, 15) is 48.7 Å². The largest absolute Gasteiger partial charge is 0.460 e. The van der Waals surface area contributed by atoms with Gasteiger partial charge in [0.2, 0.25) is 5.78 Å². The van der Waals surface area contributed by atoms with Crippen LogP contribution >= 0.6 is 0 Å². The lowest BCUT2D eigenvalue weighted by Crippen LogP contribution is -2.63. The van der Waals surface area contributed by atoms with Crippen molar-refractivity contribution >= 4 is 5.78 Å². The van der Waals surface area contributed by atoms with Gasteiger partial charge in [-0.3, -0.25) is 4.79 Å². The van der Waals surface area contributed by atoms with Crippen molar-refractivity contribution in [2.24, 2.45) is 0 Å². The highest BCUT2D eigenvalue weighted by atomic mass is 19.4. The van der Waals surface area contributed by atoms with Gasteiger partial charge >= 0.3 is 23.9 Å². The number of alkyl halides is 9. The zero-order valence-corrected chi connectivity index (χ0v) is 13.3. The highest BCUT2D eigenvalue weighted by molar-refractivity contribution is 6.02. The van der Waals surface area contributed by atoms with Crippen LogP contribution in [-0.2, 0) is 0 Å². The van der Waals surface area contributed by atoms with E-state index >= 15 is 0 Å². The highest BCUT2D eigenvalue weighted by Gasteiger charge is 2.83. The minimum atomic E-state index is -7.21. The van der Waals surface area contributed by atoms with E-state index in [1.165, 1.54) is 24.3 Å². The minimum absolute atomic E-state index is 0.0559. The quantitative estimate of drug-likeness (QED) is 0.421. The molecule has 0 spiro atoms. The Kier molecular flexibility index (Phi) is 5.26. The molecule has 152 valence electrons. The van der Waals surface area contributed by atoms with Crippen molar-refractivity contribution in [2.45, 2.75) is 23.9 Å². The van der Waals surface area contributed by atoms with E-state index in [2.05, 4.69) is 0 Å². The van der Waals surface area contributed by atoms with Crippen molar-refractivity contribution in [3.63, 3.8) is 0 Å². The van der Waals surface area contributed by atoms with Crippen LogP contribution in [0.2, 0.25) is 0 Å². The third-order valence-electron chi connectivity index (χ3n) is 3.75. The predicted molar refractivity (Wildman–Crippen MR) is 77.1 cm³/mol. The van der Waals surface area contributed by atoms with E-state index in [0.717, 1.165) is 6.07 Å². The molecule has 0 saturated heterocycles. The number of halogens is 10. The van der Waals surface area contributed by atoms with Crippen LogP contribution in [0.1, 0.15) is 10.4 Å². The summed E-state index contributed by atoms with van der Waals surface area (Å²) in [6, 6.07) is 8.48. The van der Waals surface area contributed by atoms with Crippen molar-refractivity contribution in [1.82, 2.24) is 0 Å². The molecule has 0 saturated carbocycles. The monoisotopic (exact) mass is 418 g/mol. The van der Waals surface area contributed by atoms with Gasteiger partial charge in [-0.1, -0.05) is 42.5 Å². The van der Waals surface area contributed by atoms with Gasteiger partial charge in [0.25, 0.3) is 0 Å². The van der Waals surface area contributed by atoms with Crippen molar-refractivity contribution < 1.29 is 48.7 Å². The summed E-state index contributed by atoms with van der Waals surface area (Å²) in [4.78, 5) is 11.6. The van der Waals surface area contributed by atoms with Gasteiger partial charge in [0.05, 0.1) is 0 Å². The number of rotatable bonds is 5. The van der Waals surface area contributed by atoms with Gasteiger partial charge < -0.3 is 0 Å². The van der Waals surface area contributed by atoms with Gasteiger partial charge in [-0.25, -0.2) is 4.39 Å². The molecule has 0 aliphatic carbocycles. The fraction of sp³-hybridized carbons (Fsp3) is 0.235. The molecule has 0 aliphatic heterocycles. The van der Waals surface area contributed by atoms with Crippen LogP contribution in [0.5, 0.6) is 0 Å². The van der Waals surface area contributed by atoms with Gasteiger partial charge in [0.1, 0.15) is 5.82 Å². The van der Waals surface area contributed by atoms with Crippen molar-refractivity contribution in [3.8, 4) is 11.1 Å². The molecule has 0 N–H and O–H groups in total. The van der Waals surface area contributed by atoms with Crippen LogP contribution in [-0.4, -0.2) is 29.7 Å². The second-order valence-corrected chi connectivity index (χ2v) is 5.61. The Bertz CT molecular complexity index is 871. The SMILES string of the molecule is O=C(c1ccc(-c2ccccc2)c(F)c1)C(F)(F)C(F)(F)C(F)(F)C(F)(F)F. The highest BCUT2D eigenvalue weighted by Crippen LogP contribution is 2.53. The van der Waals surface area contributed by atoms with Gasteiger partial charge in [-0.15, -0.1) is 0 Å². The van der Waals surface area contributed by atoms with E-state index in [0.29, 0.717) is 6.07 Å². The Morgan fingerprint density at radius 3 is 1.71 bits per heavy atom. The van der Waals surface area contributed by atoms with E-state index in [1.54, 1.807) is 6.07 Å². The Balaban J connectivity index is 2.46. The zero-order valence-electron chi connectivity index (χ0n) is 13.3. The van der Waals surface area contributed by atoms with Crippen LogP contribution in [0.25, 0.3) is 11.1 Å². The fourth-order valence-corrected chi connectivity index (χ4v) is 2.21. The molecule has 0 amide bonds. The van der Waals surface area contributed by atoms with Gasteiger partial charge in [-0.05, 0) is 11.6 Å². The van der Waals surface area contributed by atoms with E-state index < -0.39 is 41.1 Å². The normalized spacial score (nSPS) is 13.5. The number of hydrogen-bond acceptors (Lipinski definition) is 1. The van der Waals surface area contributed by atoms with Crippen molar-refractivity contribution in [1.29, 1.82) is 0 Å². The number of Topliss-reactive ketones (excluding diaryl/α,β-unsaturated/α-hetero) is 1. The summed E-state index contributed by atoms with van der Waals surface area (Å²) in [5.74, 6) is -25.2. The van der Waals surface area contributed by atoms with Gasteiger partial charge in [-0.2, -0.15) is 39.5 Å². The summed E-state index contributed by atoms with van der Waals surface area (Å²) in [5.41, 5.74) is -1.53. The second kappa shape index (κ2) is 6.78. The smallest absolute Gasteiger partial charge is 0.287 e. The molecule has 0 aromatic heterocycles. The summed E-state index contributed by atoms with van der Waals surface area (Å²) >= 11 is 0. The first-order valence-electron chi connectivity index (χ1n) is 7.24. The first-order chi connectivity index (χ1) is 12.6. The topological polar surface area (TPSA) is 17.1 Å². The molecule has 0 bridgehead atoms. The molecule has 0 atom stereocenters. The average molecular weight is 418 g/mol. The number of carbonyl (C=O) groups excluding carboxylic acids is 1. The summed E-state index contributed by atoms with van der Waals surface area (Å²) in [6.45, 7) is 0. The van der Waals surface area contributed by atoms with E-state index in [-0.39, 0.29) is 17.2 Å². The third-order valence-corrected chi connectivity index (χ3v) is 3.75. The fourth-order valence-electron chi connectivity index (χ4n) is 2.21. The lowest BCUT2D eigenvalue weighted by atomic mass is 9.94. The maximum atomic E-state index is 14.1. The Labute approximate surface area is 150 Å². The molecular weight excluding hydrogens is 410 g/mol. The number of hydrogen-bond donors (Lipinski definition) is 0. The first kappa shape index (κ1) is 21.7. The van der Waals surface area contributed by atoms with Gasteiger partial charge in [0.15, 0.2) is 0 Å². The third kappa shape index (κ3) is 3.33. The molecule has 2 aromatic carbocycles. The number of ketones is 1. The molecule has 28 heavy (non-hydrogen) atoms. The Morgan fingerprint density at radius 2 is 1.25 bits per heavy atom. The molecule has 0 heterocycles. The summed E-state index contributed by atoms with van der Waals surface area (Å²) in [6.07, 6.45) is -7.05. The second-order valence-electron chi connectivity index (χ2n) is 5.61. The predicted octanol–water partition coefficient (Wildman–Crippen LogP) is 6.14. The maximum absolute atomic E-state index is 14.1. The van der Waals surface area contributed by atoms with E-state index in [1.807, 2.05) is 0 Å². The maximum Gasteiger partial charge on any atom is 0.460 e. The van der Waals surface area contributed by atoms with Crippen LogP contribution in [0.15, 0.2) is 48.5 Å². The molecule has 11 heteroatoms. The number of carbonyl (C=O) groups is 1. The van der Waals surface area contributed by atoms with Crippen LogP contribution < -0.4 is 0 Å². The summed E-state index contributed by atoms with van der Waals surface area (Å²) in [7, 11) is 0. The molecule has 0 aliphatic rings. The van der Waals surface area contributed by atoms with Crippen LogP contribution in [0.3, 0.4) is 0 Å². The lowest BCUT2D eigenvalue weighted by molar-refractivity contribution is -0.386. The molecule has 2 aromatic rings. The summed E-state index contributed by atoms with van der Waals surface area (Å²) < 4.78 is 130.